The van der Waals surface area contributed by atoms with Crippen LogP contribution in [0, 0.1) is 12.7 Å². The van der Waals surface area contributed by atoms with E-state index in [-0.39, 0.29) is 5.82 Å². The van der Waals surface area contributed by atoms with Crippen LogP contribution >= 0.6 is 11.6 Å². The van der Waals surface area contributed by atoms with Crippen LogP contribution in [-0.2, 0) is 0 Å². The van der Waals surface area contributed by atoms with Gasteiger partial charge in [-0.2, -0.15) is 0 Å². The topological polar surface area (TPSA) is 35.2 Å². The molecule has 0 radical (unpaired) electrons. The predicted molar refractivity (Wildman–Crippen MR) is 75.3 cm³/mol. The first-order valence-electron chi connectivity index (χ1n) is 5.97. The fourth-order valence-corrected chi connectivity index (χ4v) is 2.01. The van der Waals surface area contributed by atoms with Crippen molar-refractivity contribution >= 4 is 11.6 Å². The summed E-state index contributed by atoms with van der Waals surface area (Å²) in [5.41, 5.74) is 7.07. The van der Waals surface area contributed by atoms with Crippen LogP contribution in [0.4, 0.5) is 4.39 Å². The second-order valence-electron chi connectivity index (χ2n) is 4.45. The van der Waals surface area contributed by atoms with Gasteiger partial charge in [0.15, 0.2) is 0 Å². The summed E-state index contributed by atoms with van der Waals surface area (Å²) < 4.78 is 19.6. The van der Waals surface area contributed by atoms with Gasteiger partial charge in [-0.15, -0.1) is 0 Å². The standard InChI is InChI=1S/C15H15ClFNO/c1-9-6-7-11(16)8-14(9)19-13-5-3-4-12(17)15(13)10(2)18/h3-8,10H,18H2,1-2H3/t10-/m1/s1. The summed E-state index contributed by atoms with van der Waals surface area (Å²) in [7, 11) is 0. The summed E-state index contributed by atoms with van der Waals surface area (Å²) in [5.74, 6) is 0.646. The molecule has 0 fully saturated rings. The molecule has 0 aromatic heterocycles. The first-order valence-corrected chi connectivity index (χ1v) is 6.35. The Balaban J connectivity index is 2.44. The first kappa shape index (κ1) is 13.8. The lowest BCUT2D eigenvalue weighted by Crippen LogP contribution is -2.09. The largest absolute Gasteiger partial charge is 0.457 e. The monoisotopic (exact) mass is 279 g/mol. The molecule has 0 aliphatic carbocycles. The average molecular weight is 280 g/mol. The fourth-order valence-electron chi connectivity index (χ4n) is 1.85. The van der Waals surface area contributed by atoms with Gasteiger partial charge in [0.25, 0.3) is 0 Å². The minimum Gasteiger partial charge on any atom is -0.457 e. The van der Waals surface area contributed by atoms with Crippen LogP contribution in [0.15, 0.2) is 36.4 Å². The lowest BCUT2D eigenvalue weighted by atomic mass is 10.1. The number of ether oxygens (including phenoxy) is 1. The van der Waals surface area contributed by atoms with E-state index >= 15 is 0 Å². The smallest absolute Gasteiger partial charge is 0.135 e. The average Bonchev–Trinajstić information content (AvgIpc) is 2.33. The van der Waals surface area contributed by atoms with Crippen molar-refractivity contribution in [1.29, 1.82) is 0 Å². The van der Waals surface area contributed by atoms with Crippen molar-refractivity contribution in [1.82, 2.24) is 0 Å². The van der Waals surface area contributed by atoms with E-state index in [0.717, 1.165) is 5.56 Å². The van der Waals surface area contributed by atoms with Crippen LogP contribution in [0.1, 0.15) is 24.1 Å². The Bertz CT molecular complexity index is 599. The molecule has 1 atom stereocenters. The summed E-state index contributed by atoms with van der Waals surface area (Å²) in [6, 6.07) is 9.54. The van der Waals surface area contributed by atoms with E-state index in [9.17, 15) is 4.39 Å². The highest BCUT2D eigenvalue weighted by Crippen LogP contribution is 2.33. The molecule has 4 heteroatoms. The Morgan fingerprint density at radius 2 is 1.95 bits per heavy atom. The fraction of sp³-hybridized carbons (Fsp3) is 0.200. The number of aryl methyl sites for hydroxylation is 1. The lowest BCUT2D eigenvalue weighted by Gasteiger charge is -2.15. The molecule has 2 N–H and O–H groups in total. The van der Waals surface area contributed by atoms with Crippen molar-refractivity contribution < 1.29 is 9.13 Å². The van der Waals surface area contributed by atoms with Crippen molar-refractivity contribution in [3.05, 3.63) is 58.4 Å². The molecule has 2 nitrogen and oxygen atoms in total. The normalized spacial score (nSPS) is 12.3. The van der Waals surface area contributed by atoms with Crippen LogP contribution in [-0.4, -0.2) is 0 Å². The Hall–Kier alpha value is -1.58. The van der Waals surface area contributed by atoms with Crippen molar-refractivity contribution in [2.24, 2.45) is 5.73 Å². The summed E-state index contributed by atoms with van der Waals surface area (Å²) in [6.07, 6.45) is 0. The van der Waals surface area contributed by atoms with E-state index in [0.29, 0.717) is 22.1 Å². The van der Waals surface area contributed by atoms with Gasteiger partial charge in [-0.3, -0.25) is 0 Å². The van der Waals surface area contributed by atoms with Crippen LogP contribution in [0.2, 0.25) is 5.02 Å². The van der Waals surface area contributed by atoms with E-state index in [1.165, 1.54) is 6.07 Å². The van der Waals surface area contributed by atoms with Crippen molar-refractivity contribution in [3.63, 3.8) is 0 Å². The first-order chi connectivity index (χ1) is 8.99. The molecule has 0 unspecified atom stereocenters. The molecule has 100 valence electrons. The van der Waals surface area contributed by atoms with Gasteiger partial charge in [0.1, 0.15) is 17.3 Å². The molecule has 0 aliphatic rings. The van der Waals surface area contributed by atoms with Crippen LogP contribution in [0.3, 0.4) is 0 Å². The molecular weight excluding hydrogens is 265 g/mol. The Kier molecular flexibility index (Phi) is 4.08. The molecule has 0 saturated carbocycles. The van der Waals surface area contributed by atoms with E-state index in [2.05, 4.69) is 0 Å². The van der Waals surface area contributed by atoms with Gasteiger partial charge < -0.3 is 10.5 Å². The lowest BCUT2D eigenvalue weighted by molar-refractivity contribution is 0.458. The van der Waals surface area contributed by atoms with E-state index in [1.54, 1.807) is 31.2 Å². The highest BCUT2D eigenvalue weighted by Gasteiger charge is 2.15. The van der Waals surface area contributed by atoms with Crippen molar-refractivity contribution in [2.75, 3.05) is 0 Å². The number of hydrogen-bond donors (Lipinski definition) is 1. The summed E-state index contributed by atoms with van der Waals surface area (Å²) in [5, 5.41) is 0.569. The van der Waals surface area contributed by atoms with Crippen molar-refractivity contribution in [3.8, 4) is 11.5 Å². The third-order valence-electron chi connectivity index (χ3n) is 2.84. The molecule has 19 heavy (non-hydrogen) atoms. The molecule has 2 aromatic carbocycles. The maximum atomic E-state index is 13.8. The quantitative estimate of drug-likeness (QED) is 0.891. The maximum absolute atomic E-state index is 13.8. The van der Waals surface area contributed by atoms with Crippen molar-refractivity contribution in [2.45, 2.75) is 19.9 Å². The SMILES string of the molecule is Cc1ccc(Cl)cc1Oc1cccc(F)c1[C@@H](C)N. The second kappa shape index (κ2) is 5.59. The second-order valence-corrected chi connectivity index (χ2v) is 4.89. The number of nitrogens with two attached hydrogens (primary N) is 1. The highest BCUT2D eigenvalue weighted by molar-refractivity contribution is 6.30. The number of benzene rings is 2. The Morgan fingerprint density at radius 1 is 1.21 bits per heavy atom. The highest BCUT2D eigenvalue weighted by atomic mass is 35.5. The van der Waals surface area contributed by atoms with Gasteiger partial charge in [0.2, 0.25) is 0 Å². The summed E-state index contributed by atoms with van der Waals surface area (Å²) in [6.45, 7) is 3.62. The minimum absolute atomic E-state index is 0.363. The number of rotatable bonds is 3. The third-order valence-corrected chi connectivity index (χ3v) is 3.07. The summed E-state index contributed by atoms with van der Waals surface area (Å²) >= 11 is 5.94. The molecule has 2 aromatic rings. The number of halogens is 2. The number of hydrogen-bond acceptors (Lipinski definition) is 2. The molecule has 0 aliphatic heterocycles. The molecule has 0 heterocycles. The van der Waals surface area contributed by atoms with E-state index in [4.69, 9.17) is 22.1 Å². The van der Waals surface area contributed by atoms with Gasteiger partial charge in [0, 0.05) is 16.6 Å². The third kappa shape index (κ3) is 3.06. The van der Waals surface area contributed by atoms with Gasteiger partial charge in [0.05, 0.1) is 0 Å². The minimum atomic E-state index is -0.448. The van der Waals surface area contributed by atoms with Gasteiger partial charge in [-0.1, -0.05) is 23.7 Å². The van der Waals surface area contributed by atoms with Crippen LogP contribution < -0.4 is 10.5 Å². The molecule has 0 amide bonds. The van der Waals surface area contributed by atoms with E-state index < -0.39 is 6.04 Å². The van der Waals surface area contributed by atoms with Gasteiger partial charge >= 0.3 is 0 Å². The molecule has 0 bridgehead atoms. The Labute approximate surface area is 117 Å². The zero-order valence-corrected chi connectivity index (χ0v) is 11.5. The van der Waals surface area contributed by atoms with E-state index in [1.807, 2.05) is 13.0 Å². The molecule has 0 saturated heterocycles. The molecular formula is C15H15ClFNO. The zero-order valence-electron chi connectivity index (χ0n) is 10.8. The van der Waals surface area contributed by atoms with Crippen LogP contribution in [0.5, 0.6) is 11.5 Å². The molecule has 0 spiro atoms. The van der Waals surface area contributed by atoms with Crippen LogP contribution in [0.25, 0.3) is 0 Å². The van der Waals surface area contributed by atoms with Gasteiger partial charge in [-0.25, -0.2) is 4.39 Å². The maximum Gasteiger partial charge on any atom is 0.135 e. The predicted octanol–water partition coefficient (Wildman–Crippen LogP) is 4.60. The Morgan fingerprint density at radius 3 is 2.63 bits per heavy atom. The zero-order chi connectivity index (χ0) is 14.0. The van der Waals surface area contributed by atoms with Gasteiger partial charge in [-0.05, 0) is 43.7 Å². The molecule has 2 rings (SSSR count). The summed E-state index contributed by atoms with van der Waals surface area (Å²) in [4.78, 5) is 0.